The fourth-order valence-electron chi connectivity index (χ4n) is 3.34. The predicted molar refractivity (Wildman–Crippen MR) is 91.7 cm³/mol. The van der Waals surface area contributed by atoms with Gasteiger partial charge in [0.05, 0.1) is 0 Å². The molecule has 1 aromatic heterocycles. The molecule has 23 heavy (non-hydrogen) atoms. The van der Waals surface area contributed by atoms with Crippen LogP contribution in [0.25, 0.3) is 0 Å². The summed E-state index contributed by atoms with van der Waals surface area (Å²) >= 11 is 3.11. The number of rotatable bonds is 4. The number of amides is 1. The third kappa shape index (κ3) is 3.27. The van der Waals surface area contributed by atoms with Gasteiger partial charge in [0.2, 0.25) is 5.91 Å². The van der Waals surface area contributed by atoms with Crippen molar-refractivity contribution in [2.45, 2.75) is 28.5 Å². The number of aromatic nitrogens is 2. The Kier molecular flexibility index (Phi) is 4.09. The summed E-state index contributed by atoms with van der Waals surface area (Å²) in [4.78, 5) is 13.5. The molecule has 2 fully saturated rings. The molecule has 1 spiro atoms. The maximum Gasteiger partial charge on any atom is 0.228 e. The van der Waals surface area contributed by atoms with Crippen LogP contribution < -0.4 is 10.6 Å². The maximum absolute atomic E-state index is 12.4. The Morgan fingerprint density at radius 2 is 2.09 bits per heavy atom. The molecule has 5 nitrogen and oxygen atoms in total. The quantitative estimate of drug-likeness (QED) is 0.891. The van der Waals surface area contributed by atoms with Gasteiger partial charge in [-0.05, 0) is 62.0 Å². The van der Waals surface area contributed by atoms with Gasteiger partial charge in [0.15, 0.2) is 4.34 Å². The predicted octanol–water partition coefficient (Wildman–Crippen LogP) is 3.02. The summed E-state index contributed by atoms with van der Waals surface area (Å²) in [6, 6.07) is 7.93. The van der Waals surface area contributed by atoms with E-state index >= 15 is 0 Å². The first-order valence-corrected chi connectivity index (χ1v) is 9.50. The van der Waals surface area contributed by atoms with E-state index in [1.807, 2.05) is 24.3 Å². The van der Waals surface area contributed by atoms with E-state index in [0.717, 1.165) is 47.3 Å². The first kappa shape index (κ1) is 15.1. The van der Waals surface area contributed by atoms with E-state index in [-0.39, 0.29) is 17.2 Å². The zero-order chi connectivity index (χ0) is 15.7. The lowest BCUT2D eigenvalue weighted by Crippen LogP contribution is -2.31. The molecule has 7 heteroatoms. The molecule has 1 aliphatic carbocycles. The van der Waals surface area contributed by atoms with Crippen molar-refractivity contribution in [3.8, 4) is 0 Å². The molecule has 4 rings (SSSR count). The molecule has 1 saturated carbocycles. The third-order valence-electron chi connectivity index (χ3n) is 4.77. The lowest BCUT2D eigenvalue weighted by Gasteiger charge is -2.23. The number of hydrogen-bond acceptors (Lipinski definition) is 6. The smallest absolute Gasteiger partial charge is 0.228 e. The van der Waals surface area contributed by atoms with E-state index in [2.05, 4.69) is 20.8 Å². The first-order valence-electron chi connectivity index (χ1n) is 7.81. The Bertz CT molecular complexity index is 681. The molecule has 120 valence electrons. The Morgan fingerprint density at radius 3 is 2.78 bits per heavy atom. The SMILES string of the molecule is O=C(Nc1ccc(Sc2nncs2)cc1)C1CC12CCNCC2. The molecule has 1 saturated heterocycles. The Balaban J connectivity index is 1.35. The maximum atomic E-state index is 12.4. The van der Waals surface area contributed by atoms with Crippen LogP contribution in [0.4, 0.5) is 5.69 Å². The van der Waals surface area contributed by atoms with Crippen LogP contribution in [0, 0.1) is 11.3 Å². The minimum absolute atomic E-state index is 0.177. The minimum atomic E-state index is 0.177. The summed E-state index contributed by atoms with van der Waals surface area (Å²) in [6.45, 7) is 2.09. The molecule has 0 bridgehead atoms. The molecule has 2 aliphatic rings. The molecular weight excluding hydrogens is 328 g/mol. The van der Waals surface area contributed by atoms with Crippen molar-refractivity contribution in [3.63, 3.8) is 0 Å². The van der Waals surface area contributed by atoms with Crippen LogP contribution in [0.1, 0.15) is 19.3 Å². The van der Waals surface area contributed by atoms with Gasteiger partial charge in [-0.15, -0.1) is 10.2 Å². The summed E-state index contributed by atoms with van der Waals surface area (Å²) < 4.78 is 0.924. The van der Waals surface area contributed by atoms with Gasteiger partial charge < -0.3 is 10.6 Å². The Labute approximate surface area is 143 Å². The lowest BCUT2D eigenvalue weighted by molar-refractivity contribution is -0.118. The average Bonchev–Trinajstić information content (AvgIpc) is 3.02. The highest BCUT2D eigenvalue weighted by molar-refractivity contribution is 8.01. The molecule has 2 aromatic rings. The third-order valence-corrected chi connectivity index (χ3v) is 6.56. The monoisotopic (exact) mass is 346 g/mol. The van der Waals surface area contributed by atoms with Gasteiger partial charge in [0, 0.05) is 16.5 Å². The van der Waals surface area contributed by atoms with Gasteiger partial charge in [-0.2, -0.15) is 0 Å². The highest BCUT2D eigenvalue weighted by Gasteiger charge is 2.57. The van der Waals surface area contributed by atoms with Gasteiger partial charge in [-0.1, -0.05) is 23.1 Å². The Morgan fingerprint density at radius 1 is 1.30 bits per heavy atom. The summed E-state index contributed by atoms with van der Waals surface area (Å²) in [5.41, 5.74) is 2.87. The van der Waals surface area contributed by atoms with Crippen molar-refractivity contribution in [2.75, 3.05) is 18.4 Å². The number of hydrogen-bond donors (Lipinski definition) is 2. The average molecular weight is 346 g/mol. The van der Waals surface area contributed by atoms with Crippen molar-refractivity contribution in [3.05, 3.63) is 29.8 Å². The second kappa shape index (κ2) is 6.22. The number of nitrogens with one attached hydrogen (secondary N) is 2. The van der Waals surface area contributed by atoms with E-state index in [9.17, 15) is 4.79 Å². The van der Waals surface area contributed by atoms with E-state index in [0.29, 0.717) is 0 Å². The number of piperidine rings is 1. The molecule has 2 heterocycles. The van der Waals surface area contributed by atoms with Crippen LogP contribution in [0.2, 0.25) is 0 Å². The lowest BCUT2D eigenvalue weighted by atomic mass is 9.92. The standard InChI is InChI=1S/C16H18N4OS2/c21-14(13-9-16(13)5-7-17-8-6-16)19-11-1-3-12(4-2-11)23-15-20-18-10-22-15/h1-4,10,13,17H,5-9H2,(H,19,21). The van der Waals surface area contributed by atoms with Crippen molar-refractivity contribution in [2.24, 2.45) is 11.3 Å². The second-order valence-corrected chi connectivity index (χ2v) is 8.34. The van der Waals surface area contributed by atoms with Gasteiger partial charge in [-0.3, -0.25) is 4.79 Å². The van der Waals surface area contributed by atoms with Crippen molar-refractivity contribution < 1.29 is 4.79 Å². The molecule has 2 N–H and O–H groups in total. The van der Waals surface area contributed by atoms with Gasteiger partial charge in [-0.25, -0.2) is 0 Å². The van der Waals surface area contributed by atoms with Crippen LogP contribution in [0.3, 0.4) is 0 Å². The highest BCUT2D eigenvalue weighted by atomic mass is 32.2. The summed E-state index contributed by atoms with van der Waals surface area (Å²) in [5.74, 6) is 0.372. The van der Waals surface area contributed by atoms with E-state index in [1.165, 1.54) is 11.3 Å². The molecule has 1 aliphatic heterocycles. The number of anilines is 1. The minimum Gasteiger partial charge on any atom is -0.326 e. The zero-order valence-corrected chi connectivity index (χ0v) is 14.3. The summed E-state index contributed by atoms with van der Waals surface area (Å²) in [6.07, 6.45) is 3.30. The van der Waals surface area contributed by atoms with Gasteiger partial charge in [0.25, 0.3) is 0 Å². The molecule has 0 radical (unpaired) electrons. The number of nitrogens with zero attached hydrogens (tertiary/aromatic N) is 2. The van der Waals surface area contributed by atoms with Gasteiger partial charge >= 0.3 is 0 Å². The molecule has 1 aromatic carbocycles. The molecule has 1 unspecified atom stereocenters. The van der Waals surface area contributed by atoms with Crippen LogP contribution in [0.5, 0.6) is 0 Å². The van der Waals surface area contributed by atoms with E-state index in [4.69, 9.17) is 0 Å². The fraction of sp³-hybridized carbons (Fsp3) is 0.438. The number of carbonyl (C=O) groups excluding carboxylic acids is 1. The summed E-state index contributed by atoms with van der Waals surface area (Å²) in [5, 5.41) is 14.3. The molecule has 1 amide bonds. The molecule has 1 atom stereocenters. The van der Waals surface area contributed by atoms with E-state index in [1.54, 1.807) is 17.3 Å². The fourth-order valence-corrected chi connectivity index (χ4v) is 4.79. The zero-order valence-electron chi connectivity index (χ0n) is 12.6. The second-order valence-electron chi connectivity index (χ2n) is 6.19. The normalized spacial score (nSPS) is 22.0. The number of carbonyl (C=O) groups is 1. The first-order chi connectivity index (χ1) is 11.3. The van der Waals surface area contributed by atoms with Crippen LogP contribution in [0.15, 0.2) is 39.0 Å². The number of benzene rings is 1. The topological polar surface area (TPSA) is 66.9 Å². The van der Waals surface area contributed by atoms with Gasteiger partial charge in [0.1, 0.15) is 5.51 Å². The van der Waals surface area contributed by atoms with Crippen LogP contribution >= 0.6 is 23.1 Å². The van der Waals surface area contributed by atoms with Crippen LogP contribution in [-0.4, -0.2) is 29.2 Å². The largest absolute Gasteiger partial charge is 0.326 e. The summed E-state index contributed by atoms with van der Waals surface area (Å²) in [7, 11) is 0. The van der Waals surface area contributed by atoms with Crippen LogP contribution in [-0.2, 0) is 4.79 Å². The van der Waals surface area contributed by atoms with E-state index < -0.39 is 0 Å². The van der Waals surface area contributed by atoms with Crippen molar-refractivity contribution in [1.29, 1.82) is 0 Å². The van der Waals surface area contributed by atoms with Crippen molar-refractivity contribution in [1.82, 2.24) is 15.5 Å². The Hall–Kier alpha value is -1.44. The molecular formula is C16H18N4OS2. The van der Waals surface area contributed by atoms with Crippen molar-refractivity contribution >= 4 is 34.7 Å². The highest BCUT2D eigenvalue weighted by Crippen LogP contribution is 2.58.